The third-order valence-corrected chi connectivity index (χ3v) is 7.76. The van der Waals surface area contributed by atoms with Gasteiger partial charge < -0.3 is 15.8 Å². The topological polar surface area (TPSA) is 112 Å². The number of carbonyl (C=O) groups excluding carboxylic acids is 2. The van der Waals surface area contributed by atoms with Crippen molar-refractivity contribution in [3.8, 4) is 11.6 Å². The lowest BCUT2D eigenvalue weighted by atomic mass is 9.53. The molecule has 2 heterocycles. The number of rotatable bonds is 6. The summed E-state index contributed by atoms with van der Waals surface area (Å²) in [7, 11) is 0. The molecule has 33 heavy (non-hydrogen) atoms. The average Bonchev–Trinajstić information content (AvgIpc) is 3.27. The van der Waals surface area contributed by atoms with Crippen molar-refractivity contribution in [2.24, 2.45) is 11.1 Å². The van der Waals surface area contributed by atoms with Crippen LogP contribution in [0.4, 0.5) is 0 Å². The van der Waals surface area contributed by atoms with Gasteiger partial charge in [0.15, 0.2) is 4.88 Å². The van der Waals surface area contributed by atoms with Gasteiger partial charge in [-0.2, -0.15) is 5.10 Å². The van der Waals surface area contributed by atoms with Gasteiger partial charge in [0, 0.05) is 11.1 Å². The third-order valence-electron chi connectivity index (χ3n) is 6.55. The molecular formula is C23H24ClN5O3S. The summed E-state index contributed by atoms with van der Waals surface area (Å²) < 4.78 is 7.68. The Morgan fingerprint density at radius 2 is 1.91 bits per heavy atom. The zero-order chi connectivity index (χ0) is 23.3. The molecule has 0 atom stereocenters. The van der Waals surface area contributed by atoms with E-state index in [4.69, 9.17) is 22.1 Å². The molecule has 2 saturated carbocycles. The highest BCUT2D eigenvalue weighted by molar-refractivity contribution is 7.13. The Kier molecular flexibility index (Phi) is 5.41. The fourth-order valence-electron chi connectivity index (χ4n) is 4.95. The molecule has 10 heteroatoms. The van der Waals surface area contributed by atoms with Gasteiger partial charge in [0.05, 0.1) is 28.1 Å². The Labute approximate surface area is 200 Å². The van der Waals surface area contributed by atoms with Gasteiger partial charge in [0.1, 0.15) is 6.10 Å². The second kappa shape index (κ2) is 8.14. The molecule has 1 aromatic carbocycles. The summed E-state index contributed by atoms with van der Waals surface area (Å²) in [6.07, 6.45) is 5.25. The van der Waals surface area contributed by atoms with Gasteiger partial charge in [-0.3, -0.25) is 9.59 Å². The van der Waals surface area contributed by atoms with Crippen LogP contribution in [-0.4, -0.2) is 38.7 Å². The molecule has 0 aliphatic heterocycles. The molecule has 2 aromatic heterocycles. The van der Waals surface area contributed by atoms with Crippen molar-refractivity contribution in [2.45, 2.75) is 51.7 Å². The minimum atomic E-state index is -0.509. The number of carbonyl (C=O) groups is 2. The van der Waals surface area contributed by atoms with Gasteiger partial charge in [-0.1, -0.05) is 11.6 Å². The normalized spacial score (nSPS) is 23.6. The number of nitrogens with two attached hydrogens (primary N) is 1. The summed E-state index contributed by atoms with van der Waals surface area (Å²) in [4.78, 5) is 29.1. The fourth-order valence-corrected chi connectivity index (χ4v) is 5.78. The number of hydrogen-bond donors (Lipinski definition) is 2. The Bertz CT molecular complexity index is 1220. The van der Waals surface area contributed by atoms with Crippen LogP contribution in [-0.2, 0) is 0 Å². The van der Waals surface area contributed by atoms with Gasteiger partial charge in [-0.05, 0) is 69.2 Å². The second-order valence-corrected chi connectivity index (χ2v) is 10.6. The zero-order valence-corrected chi connectivity index (χ0v) is 19.9. The quantitative estimate of drug-likeness (QED) is 0.551. The van der Waals surface area contributed by atoms with Gasteiger partial charge >= 0.3 is 0 Å². The van der Waals surface area contributed by atoms with Crippen LogP contribution in [0.5, 0.6) is 5.88 Å². The van der Waals surface area contributed by atoms with Crippen molar-refractivity contribution >= 4 is 34.8 Å². The average molecular weight is 486 g/mol. The van der Waals surface area contributed by atoms with E-state index in [1.54, 1.807) is 23.0 Å². The minimum Gasteiger partial charge on any atom is -0.473 e. The second-order valence-electron chi connectivity index (χ2n) is 8.99. The van der Waals surface area contributed by atoms with Crippen LogP contribution in [0, 0.1) is 19.3 Å². The number of hydrogen-bond acceptors (Lipinski definition) is 6. The lowest BCUT2D eigenvalue weighted by Crippen LogP contribution is -2.58. The van der Waals surface area contributed by atoms with Crippen molar-refractivity contribution in [1.29, 1.82) is 0 Å². The number of nitrogens with one attached hydrogen (secondary N) is 1. The molecule has 172 valence electrons. The highest BCUT2D eigenvalue weighted by Gasteiger charge is 2.54. The molecule has 0 radical (unpaired) electrons. The number of ether oxygens (including phenoxy) is 1. The summed E-state index contributed by atoms with van der Waals surface area (Å²) in [5.41, 5.74) is 7.82. The van der Waals surface area contributed by atoms with Gasteiger partial charge in [-0.25, -0.2) is 9.67 Å². The summed E-state index contributed by atoms with van der Waals surface area (Å²) in [6.45, 7) is 3.71. The number of nitrogens with zero attached hydrogens (tertiary/aromatic N) is 3. The van der Waals surface area contributed by atoms with Crippen molar-refractivity contribution < 1.29 is 14.3 Å². The van der Waals surface area contributed by atoms with E-state index in [0.717, 1.165) is 42.1 Å². The summed E-state index contributed by atoms with van der Waals surface area (Å²) in [5.74, 6) is -0.267. The first-order chi connectivity index (χ1) is 15.7. The van der Waals surface area contributed by atoms with Crippen molar-refractivity contribution in [3.05, 3.63) is 56.6 Å². The number of halogens is 1. The van der Waals surface area contributed by atoms with Gasteiger partial charge in [0.2, 0.25) is 5.88 Å². The molecular weight excluding hydrogens is 462 g/mol. The van der Waals surface area contributed by atoms with Crippen LogP contribution in [0.15, 0.2) is 30.5 Å². The highest BCUT2D eigenvalue weighted by atomic mass is 35.5. The zero-order valence-electron chi connectivity index (χ0n) is 18.3. The number of benzene rings is 1. The number of amides is 2. The molecule has 2 aliphatic carbocycles. The van der Waals surface area contributed by atoms with E-state index in [-0.39, 0.29) is 23.5 Å². The van der Waals surface area contributed by atoms with Crippen molar-refractivity contribution in [1.82, 2.24) is 20.1 Å². The van der Waals surface area contributed by atoms with E-state index in [9.17, 15) is 9.59 Å². The van der Waals surface area contributed by atoms with Crippen molar-refractivity contribution in [2.75, 3.05) is 0 Å². The smallest absolute Gasteiger partial charge is 0.264 e. The lowest BCUT2D eigenvalue weighted by Gasteiger charge is -2.57. The van der Waals surface area contributed by atoms with Crippen LogP contribution in [0.1, 0.15) is 56.4 Å². The van der Waals surface area contributed by atoms with Crippen LogP contribution in [0.2, 0.25) is 5.02 Å². The first kappa shape index (κ1) is 21.9. The maximum absolute atomic E-state index is 12.8. The Hall–Kier alpha value is -2.91. The molecule has 2 amide bonds. The Morgan fingerprint density at radius 3 is 2.58 bits per heavy atom. The molecule has 3 aromatic rings. The molecule has 2 fully saturated rings. The predicted molar refractivity (Wildman–Crippen MR) is 125 cm³/mol. The molecule has 8 nitrogen and oxygen atoms in total. The molecule has 0 saturated heterocycles. The summed E-state index contributed by atoms with van der Waals surface area (Å²) >= 11 is 7.22. The number of aryl methyl sites for hydroxylation is 1. The van der Waals surface area contributed by atoms with E-state index in [0.29, 0.717) is 21.3 Å². The van der Waals surface area contributed by atoms with Gasteiger partial charge in [0.25, 0.3) is 11.8 Å². The van der Waals surface area contributed by atoms with Gasteiger partial charge in [-0.15, -0.1) is 11.3 Å². The molecule has 3 N–H and O–H groups in total. The standard InChI is InChI=1S/C23H24ClN5O3S/c1-12-18(11-26-29(12)16-5-3-14(24)4-6-16)21(31)28-15-7-23(8-15)9-17(10-23)32-22-19(20(25)30)33-13(2)27-22/h3-6,11,15,17H,7-10H2,1-2H3,(H2,25,30)(H,28,31). The molecule has 0 bridgehead atoms. The molecule has 5 rings (SSSR count). The van der Waals surface area contributed by atoms with Crippen LogP contribution in [0.25, 0.3) is 5.69 Å². The fraction of sp³-hybridized carbons (Fsp3) is 0.391. The van der Waals surface area contributed by atoms with E-state index in [2.05, 4.69) is 15.4 Å². The van der Waals surface area contributed by atoms with Crippen LogP contribution in [0.3, 0.4) is 0 Å². The maximum Gasteiger partial charge on any atom is 0.264 e. The number of aromatic nitrogens is 3. The largest absolute Gasteiger partial charge is 0.473 e. The number of thiazole rings is 1. The Morgan fingerprint density at radius 1 is 1.21 bits per heavy atom. The van der Waals surface area contributed by atoms with Crippen LogP contribution >= 0.6 is 22.9 Å². The SMILES string of the molecule is Cc1nc(OC2CC3(CC(NC(=O)c4cnn(-c5ccc(Cl)cc5)c4C)C3)C2)c(C(N)=O)s1. The van der Waals surface area contributed by atoms with E-state index >= 15 is 0 Å². The van der Waals surface area contributed by atoms with Crippen LogP contribution < -0.4 is 15.8 Å². The predicted octanol–water partition coefficient (Wildman–Crippen LogP) is 3.82. The molecule has 2 aliphatic rings. The summed E-state index contributed by atoms with van der Waals surface area (Å²) in [6, 6.07) is 7.47. The molecule has 1 spiro atoms. The Balaban J connectivity index is 1.14. The highest BCUT2D eigenvalue weighted by Crippen LogP contribution is 2.57. The van der Waals surface area contributed by atoms with E-state index < -0.39 is 5.91 Å². The van der Waals surface area contributed by atoms with E-state index in [1.165, 1.54) is 11.3 Å². The first-order valence-corrected chi connectivity index (χ1v) is 12.0. The first-order valence-electron chi connectivity index (χ1n) is 10.8. The van der Waals surface area contributed by atoms with E-state index in [1.807, 2.05) is 26.0 Å². The summed E-state index contributed by atoms with van der Waals surface area (Å²) in [5, 5.41) is 8.92. The monoisotopic (exact) mass is 485 g/mol. The lowest BCUT2D eigenvalue weighted by molar-refractivity contribution is -0.0846. The third kappa shape index (κ3) is 4.11. The maximum atomic E-state index is 12.8. The molecule has 0 unspecified atom stereocenters. The minimum absolute atomic E-state index is 0.0288. The van der Waals surface area contributed by atoms with Crippen molar-refractivity contribution in [3.63, 3.8) is 0 Å². The number of primary amides is 1.